The Hall–Kier alpha value is -0.980. The van der Waals surface area contributed by atoms with Crippen LogP contribution in [-0.4, -0.2) is 33.7 Å². The van der Waals surface area contributed by atoms with E-state index in [-0.39, 0.29) is 11.6 Å². The molecular weight excluding hydrogens is 218 g/mol. The quantitative estimate of drug-likeness (QED) is 0.533. The molecule has 0 amide bonds. The van der Waals surface area contributed by atoms with E-state index in [1.165, 1.54) is 0 Å². The predicted octanol–water partition coefficient (Wildman–Crippen LogP) is 0.395. The number of aryl methyl sites for hydroxylation is 1. The smallest absolute Gasteiger partial charge is 0.0844 e. The lowest BCUT2D eigenvalue weighted by atomic mass is 9.86. The lowest BCUT2D eigenvalue weighted by Gasteiger charge is -2.37. The lowest BCUT2D eigenvalue weighted by Crippen LogP contribution is -2.55. The first-order valence-electron chi connectivity index (χ1n) is 5.98. The highest BCUT2D eigenvalue weighted by atomic mass is 16.5. The molecule has 1 unspecified atom stereocenters. The molecule has 0 saturated carbocycles. The highest BCUT2D eigenvalue weighted by Gasteiger charge is 2.35. The van der Waals surface area contributed by atoms with E-state index >= 15 is 0 Å². The average Bonchev–Trinajstić information content (AvgIpc) is 2.76. The molecule has 17 heavy (non-hydrogen) atoms. The summed E-state index contributed by atoms with van der Waals surface area (Å²) in [4.78, 5) is 0. The Morgan fingerprint density at radius 1 is 1.53 bits per heavy atom. The maximum Gasteiger partial charge on any atom is 0.0844 e. The molecular formula is C11H23N5O. The van der Waals surface area contributed by atoms with Crippen LogP contribution in [0.1, 0.15) is 32.4 Å². The van der Waals surface area contributed by atoms with Gasteiger partial charge in [0.2, 0.25) is 0 Å². The third-order valence-electron chi connectivity index (χ3n) is 3.50. The minimum absolute atomic E-state index is 0.0270. The SMILES string of the molecule is CCC(CC)(OC)C(Cc1cn(C)nn1)NN. The van der Waals surface area contributed by atoms with Gasteiger partial charge in [-0.2, -0.15) is 0 Å². The average molecular weight is 241 g/mol. The van der Waals surface area contributed by atoms with Gasteiger partial charge >= 0.3 is 0 Å². The second kappa shape index (κ2) is 6.09. The van der Waals surface area contributed by atoms with Crippen molar-refractivity contribution in [3.8, 4) is 0 Å². The summed E-state index contributed by atoms with van der Waals surface area (Å²) in [6.45, 7) is 4.21. The van der Waals surface area contributed by atoms with Crippen LogP contribution in [0.2, 0.25) is 0 Å². The van der Waals surface area contributed by atoms with E-state index in [2.05, 4.69) is 29.6 Å². The Balaban J connectivity index is 2.82. The molecule has 0 spiro atoms. The number of rotatable bonds is 7. The molecule has 1 aromatic heterocycles. The Kier molecular flexibility index (Phi) is 5.04. The van der Waals surface area contributed by atoms with E-state index < -0.39 is 0 Å². The highest BCUT2D eigenvalue weighted by Crippen LogP contribution is 2.25. The lowest BCUT2D eigenvalue weighted by molar-refractivity contribution is -0.0475. The molecule has 0 aliphatic carbocycles. The van der Waals surface area contributed by atoms with Crippen LogP contribution in [0.4, 0.5) is 0 Å². The molecule has 1 heterocycles. The van der Waals surface area contributed by atoms with E-state index in [1.807, 2.05) is 13.2 Å². The van der Waals surface area contributed by atoms with Crippen molar-refractivity contribution < 1.29 is 4.74 Å². The largest absolute Gasteiger partial charge is 0.377 e. The third kappa shape index (κ3) is 3.02. The van der Waals surface area contributed by atoms with Crippen LogP contribution in [0.3, 0.4) is 0 Å². The van der Waals surface area contributed by atoms with Crippen LogP contribution in [0.15, 0.2) is 6.20 Å². The predicted molar refractivity (Wildman–Crippen MR) is 66.1 cm³/mol. The van der Waals surface area contributed by atoms with E-state index in [1.54, 1.807) is 11.8 Å². The molecule has 0 radical (unpaired) electrons. The summed E-state index contributed by atoms with van der Waals surface area (Å²) >= 11 is 0. The van der Waals surface area contributed by atoms with E-state index in [9.17, 15) is 0 Å². The molecule has 98 valence electrons. The molecule has 6 nitrogen and oxygen atoms in total. The molecule has 0 bridgehead atoms. The zero-order valence-electron chi connectivity index (χ0n) is 11.1. The van der Waals surface area contributed by atoms with Crippen LogP contribution in [-0.2, 0) is 18.2 Å². The number of nitrogens with zero attached hydrogens (tertiary/aromatic N) is 3. The van der Waals surface area contributed by atoms with Crippen molar-refractivity contribution in [3.05, 3.63) is 11.9 Å². The Labute approximate surface area is 102 Å². The van der Waals surface area contributed by atoms with Gasteiger partial charge in [0.05, 0.1) is 17.3 Å². The van der Waals surface area contributed by atoms with Gasteiger partial charge in [-0.25, -0.2) is 0 Å². The fourth-order valence-electron chi connectivity index (χ4n) is 2.27. The van der Waals surface area contributed by atoms with Gasteiger partial charge in [-0.3, -0.25) is 16.0 Å². The van der Waals surface area contributed by atoms with Gasteiger partial charge in [-0.05, 0) is 12.8 Å². The summed E-state index contributed by atoms with van der Waals surface area (Å²) in [6, 6.07) is 0.0270. The summed E-state index contributed by atoms with van der Waals surface area (Å²) in [5.74, 6) is 5.66. The van der Waals surface area contributed by atoms with Gasteiger partial charge in [-0.15, -0.1) is 5.10 Å². The zero-order chi connectivity index (χ0) is 12.9. The molecule has 0 saturated heterocycles. The monoisotopic (exact) mass is 241 g/mol. The second-order valence-corrected chi connectivity index (χ2v) is 4.28. The van der Waals surface area contributed by atoms with Crippen LogP contribution in [0.25, 0.3) is 0 Å². The number of hydrogen-bond acceptors (Lipinski definition) is 5. The maximum absolute atomic E-state index is 5.67. The minimum Gasteiger partial charge on any atom is -0.377 e. The number of hydrazine groups is 1. The number of hydrogen-bond donors (Lipinski definition) is 2. The van der Waals surface area contributed by atoms with Crippen LogP contribution < -0.4 is 11.3 Å². The minimum atomic E-state index is -0.258. The van der Waals surface area contributed by atoms with Crippen LogP contribution in [0, 0.1) is 0 Å². The van der Waals surface area contributed by atoms with Gasteiger partial charge in [0.15, 0.2) is 0 Å². The van der Waals surface area contributed by atoms with Crippen LogP contribution >= 0.6 is 0 Å². The van der Waals surface area contributed by atoms with E-state index in [4.69, 9.17) is 10.6 Å². The van der Waals surface area contributed by atoms with Crippen molar-refractivity contribution in [2.45, 2.75) is 44.8 Å². The summed E-state index contributed by atoms with van der Waals surface area (Å²) in [6.07, 6.45) is 4.40. The number of nitrogens with one attached hydrogen (secondary N) is 1. The summed E-state index contributed by atoms with van der Waals surface area (Å²) in [7, 11) is 3.58. The molecule has 1 aromatic rings. The molecule has 0 aromatic carbocycles. The van der Waals surface area contributed by atoms with Crippen molar-refractivity contribution in [3.63, 3.8) is 0 Å². The normalized spacial score (nSPS) is 13.9. The Morgan fingerprint density at radius 2 is 2.18 bits per heavy atom. The second-order valence-electron chi connectivity index (χ2n) is 4.28. The molecule has 0 aliphatic heterocycles. The fraction of sp³-hybridized carbons (Fsp3) is 0.818. The molecule has 6 heteroatoms. The standard InChI is InChI=1S/C11H23N5O/c1-5-11(6-2,17-4)10(13-12)7-9-8-16(3)15-14-9/h8,10,13H,5-7,12H2,1-4H3. The highest BCUT2D eigenvalue weighted by molar-refractivity contribution is 5.01. The molecule has 3 N–H and O–H groups in total. The third-order valence-corrected chi connectivity index (χ3v) is 3.50. The van der Waals surface area contributed by atoms with Crippen molar-refractivity contribution >= 4 is 0 Å². The molecule has 1 rings (SSSR count). The van der Waals surface area contributed by atoms with Gasteiger partial charge < -0.3 is 4.74 Å². The summed E-state index contributed by atoms with van der Waals surface area (Å²) in [5.41, 5.74) is 3.51. The first kappa shape index (κ1) is 14.1. The van der Waals surface area contributed by atoms with Gasteiger partial charge in [0, 0.05) is 26.8 Å². The van der Waals surface area contributed by atoms with Crippen molar-refractivity contribution in [2.24, 2.45) is 12.9 Å². The first-order chi connectivity index (χ1) is 8.11. The number of ether oxygens (including phenoxy) is 1. The molecule has 0 aliphatic rings. The Morgan fingerprint density at radius 3 is 2.53 bits per heavy atom. The summed E-state index contributed by atoms with van der Waals surface area (Å²) < 4.78 is 7.36. The van der Waals surface area contributed by atoms with Gasteiger partial charge in [0.25, 0.3) is 0 Å². The number of nitrogens with two attached hydrogens (primary N) is 1. The molecule has 0 fully saturated rings. The first-order valence-corrected chi connectivity index (χ1v) is 5.98. The fourth-order valence-corrected chi connectivity index (χ4v) is 2.27. The van der Waals surface area contributed by atoms with Gasteiger partial charge in [-0.1, -0.05) is 19.1 Å². The van der Waals surface area contributed by atoms with Crippen molar-refractivity contribution in [1.29, 1.82) is 0 Å². The topological polar surface area (TPSA) is 78.0 Å². The van der Waals surface area contributed by atoms with E-state index in [0.29, 0.717) is 6.42 Å². The number of methoxy groups -OCH3 is 1. The number of aromatic nitrogens is 3. The van der Waals surface area contributed by atoms with Crippen molar-refractivity contribution in [1.82, 2.24) is 20.4 Å². The van der Waals surface area contributed by atoms with Crippen LogP contribution in [0.5, 0.6) is 0 Å². The summed E-state index contributed by atoms with van der Waals surface area (Å²) in [5, 5.41) is 8.00. The van der Waals surface area contributed by atoms with Crippen molar-refractivity contribution in [2.75, 3.05) is 7.11 Å². The molecule has 1 atom stereocenters. The Bertz CT molecular complexity index is 326. The zero-order valence-corrected chi connectivity index (χ0v) is 11.1. The maximum atomic E-state index is 5.67. The van der Waals surface area contributed by atoms with E-state index in [0.717, 1.165) is 18.5 Å². The van der Waals surface area contributed by atoms with Gasteiger partial charge in [0.1, 0.15) is 0 Å².